The summed E-state index contributed by atoms with van der Waals surface area (Å²) in [5.41, 5.74) is 0.555. The van der Waals surface area contributed by atoms with E-state index in [2.05, 4.69) is 10.6 Å². The first kappa shape index (κ1) is 13.5. The van der Waals surface area contributed by atoms with Crippen LogP contribution in [0.4, 0.5) is 10.1 Å². The van der Waals surface area contributed by atoms with Crippen molar-refractivity contribution in [2.45, 2.75) is 13.0 Å². The zero-order valence-electron chi connectivity index (χ0n) is 10.7. The second kappa shape index (κ2) is 5.79. The molecule has 5 nitrogen and oxygen atoms in total. The molecule has 19 heavy (non-hydrogen) atoms. The van der Waals surface area contributed by atoms with Gasteiger partial charge in [-0.25, -0.2) is 4.39 Å². The van der Waals surface area contributed by atoms with Crippen LogP contribution in [0.2, 0.25) is 0 Å². The molecule has 2 atom stereocenters. The van der Waals surface area contributed by atoms with Gasteiger partial charge in [-0.3, -0.25) is 9.59 Å². The predicted octanol–water partition coefficient (Wildman–Crippen LogP) is -0.833. The summed E-state index contributed by atoms with van der Waals surface area (Å²) >= 11 is 0. The Labute approximate surface area is 110 Å². The molecular formula is C13H17FN3O2+. The molecule has 0 aromatic heterocycles. The molecule has 1 saturated heterocycles. The van der Waals surface area contributed by atoms with E-state index in [-0.39, 0.29) is 23.7 Å². The molecular weight excluding hydrogens is 249 g/mol. The Morgan fingerprint density at radius 1 is 1.42 bits per heavy atom. The highest BCUT2D eigenvalue weighted by Crippen LogP contribution is 2.08. The predicted molar refractivity (Wildman–Crippen MR) is 68.2 cm³/mol. The van der Waals surface area contributed by atoms with E-state index in [0.717, 1.165) is 11.4 Å². The molecule has 2 rings (SSSR count). The Bertz CT molecular complexity index is 475. The number of piperazine rings is 1. The van der Waals surface area contributed by atoms with E-state index in [1.165, 1.54) is 24.3 Å². The maximum Gasteiger partial charge on any atom is 0.282 e. The summed E-state index contributed by atoms with van der Waals surface area (Å²) in [5.74, 6) is -0.552. The average molecular weight is 266 g/mol. The Morgan fingerprint density at radius 2 is 2.11 bits per heavy atom. The lowest BCUT2D eigenvalue weighted by Gasteiger charge is -2.28. The number of hydrogen-bond acceptors (Lipinski definition) is 2. The number of amides is 2. The quantitative estimate of drug-likeness (QED) is 0.668. The van der Waals surface area contributed by atoms with Gasteiger partial charge in [-0.2, -0.15) is 0 Å². The number of quaternary nitrogens is 1. The summed E-state index contributed by atoms with van der Waals surface area (Å²) in [6.07, 6.45) is 0. The highest BCUT2D eigenvalue weighted by molar-refractivity contribution is 5.93. The lowest BCUT2D eigenvalue weighted by molar-refractivity contribution is -0.907. The highest BCUT2D eigenvalue weighted by Gasteiger charge is 2.29. The molecule has 102 valence electrons. The van der Waals surface area contributed by atoms with Crippen LogP contribution in [-0.4, -0.2) is 37.5 Å². The van der Waals surface area contributed by atoms with Crippen molar-refractivity contribution in [3.8, 4) is 0 Å². The SMILES string of the molecule is C[C@@H](C(=O)Nc1ccc(F)cc1)[NH+]1CCNC(=O)C1. The third-order valence-electron chi connectivity index (χ3n) is 3.27. The smallest absolute Gasteiger partial charge is 0.282 e. The van der Waals surface area contributed by atoms with Crippen LogP contribution in [0.15, 0.2) is 24.3 Å². The molecule has 1 unspecified atom stereocenters. The summed E-state index contributed by atoms with van der Waals surface area (Å²) in [7, 11) is 0. The van der Waals surface area contributed by atoms with Crippen molar-refractivity contribution in [1.82, 2.24) is 5.32 Å². The van der Waals surface area contributed by atoms with Gasteiger partial charge in [0.15, 0.2) is 12.6 Å². The van der Waals surface area contributed by atoms with E-state index in [9.17, 15) is 14.0 Å². The van der Waals surface area contributed by atoms with Gasteiger partial charge in [0, 0.05) is 5.69 Å². The summed E-state index contributed by atoms with van der Waals surface area (Å²) < 4.78 is 12.8. The average Bonchev–Trinajstić information content (AvgIpc) is 2.40. The third-order valence-corrected chi connectivity index (χ3v) is 3.27. The third kappa shape index (κ3) is 3.51. The highest BCUT2D eigenvalue weighted by atomic mass is 19.1. The Hall–Kier alpha value is -1.95. The first-order chi connectivity index (χ1) is 9.06. The topological polar surface area (TPSA) is 62.6 Å². The number of nitrogens with one attached hydrogen (secondary N) is 3. The van der Waals surface area contributed by atoms with Crippen molar-refractivity contribution in [2.24, 2.45) is 0 Å². The minimum atomic E-state index is -0.343. The fourth-order valence-electron chi connectivity index (χ4n) is 2.06. The number of rotatable bonds is 3. The summed E-state index contributed by atoms with van der Waals surface area (Å²) in [6, 6.07) is 5.29. The molecule has 0 aliphatic carbocycles. The molecule has 1 aromatic carbocycles. The number of carbonyl (C=O) groups is 2. The van der Waals surface area contributed by atoms with Gasteiger partial charge in [-0.1, -0.05) is 0 Å². The lowest BCUT2D eigenvalue weighted by Crippen LogP contribution is -3.19. The van der Waals surface area contributed by atoms with Crippen LogP contribution in [0.25, 0.3) is 0 Å². The fraction of sp³-hybridized carbons (Fsp3) is 0.385. The molecule has 1 aromatic rings. The minimum absolute atomic E-state index is 0.0392. The van der Waals surface area contributed by atoms with Crippen LogP contribution in [0, 0.1) is 5.82 Å². The van der Waals surface area contributed by atoms with Crippen molar-refractivity contribution in [3.63, 3.8) is 0 Å². The first-order valence-electron chi connectivity index (χ1n) is 6.24. The first-order valence-corrected chi connectivity index (χ1v) is 6.24. The van der Waals surface area contributed by atoms with Crippen LogP contribution in [-0.2, 0) is 9.59 Å². The van der Waals surface area contributed by atoms with Crippen LogP contribution < -0.4 is 15.5 Å². The lowest BCUT2D eigenvalue weighted by atomic mass is 10.2. The van der Waals surface area contributed by atoms with E-state index in [1.807, 2.05) is 0 Å². The van der Waals surface area contributed by atoms with Gasteiger partial charge in [0.05, 0.1) is 13.1 Å². The second-order valence-electron chi connectivity index (χ2n) is 4.65. The Kier molecular flexibility index (Phi) is 4.11. The van der Waals surface area contributed by atoms with Crippen molar-refractivity contribution < 1.29 is 18.9 Å². The van der Waals surface area contributed by atoms with Crippen molar-refractivity contribution >= 4 is 17.5 Å². The molecule has 1 fully saturated rings. The molecule has 6 heteroatoms. The van der Waals surface area contributed by atoms with Gasteiger partial charge >= 0.3 is 0 Å². The van der Waals surface area contributed by atoms with Crippen LogP contribution in [0.3, 0.4) is 0 Å². The molecule has 3 N–H and O–H groups in total. The molecule has 2 amide bonds. The maximum atomic E-state index is 12.8. The number of hydrogen-bond donors (Lipinski definition) is 3. The van der Waals surface area contributed by atoms with E-state index in [1.54, 1.807) is 6.92 Å². The van der Waals surface area contributed by atoms with Gasteiger partial charge in [0.25, 0.3) is 11.8 Å². The Morgan fingerprint density at radius 3 is 2.74 bits per heavy atom. The molecule has 1 heterocycles. The number of carbonyl (C=O) groups excluding carboxylic acids is 2. The maximum absolute atomic E-state index is 12.8. The second-order valence-corrected chi connectivity index (χ2v) is 4.65. The zero-order chi connectivity index (χ0) is 13.8. The molecule has 0 spiro atoms. The minimum Gasteiger partial charge on any atom is -0.346 e. The summed E-state index contributed by atoms with van der Waals surface area (Å²) in [6.45, 7) is 3.40. The normalized spacial score (nSPS) is 20.5. The molecule has 1 aliphatic rings. The summed E-state index contributed by atoms with van der Waals surface area (Å²) in [4.78, 5) is 24.3. The molecule has 1 aliphatic heterocycles. The van der Waals surface area contributed by atoms with Crippen molar-refractivity contribution in [1.29, 1.82) is 0 Å². The van der Waals surface area contributed by atoms with Crippen LogP contribution in [0.1, 0.15) is 6.92 Å². The largest absolute Gasteiger partial charge is 0.346 e. The molecule has 0 saturated carbocycles. The zero-order valence-corrected chi connectivity index (χ0v) is 10.7. The van der Waals surface area contributed by atoms with Crippen molar-refractivity contribution in [3.05, 3.63) is 30.1 Å². The van der Waals surface area contributed by atoms with E-state index >= 15 is 0 Å². The molecule has 0 bridgehead atoms. The monoisotopic (exact) mass is 266 g/mol. The number of halogens is 1. The van der Waals surface area contributed by atoms with E-state index in [0.29, 0.717) is 18.8 Å². The molecule has 0 radical (unpaired) electrons. The van der Waals surface area contributed by atoms with Crippen LogP contribution >= 0.6 is 0 Å². The van der Waals surface area contributed by atoms with Gasteiger partial charge in [0.2, 0.25) is 0 Å². The number of benzene rings is 1. The Balaban J connectivity index is 1.95. The van der Waals surface area contributed by atoms with Gasteiger partial charge in [0.1, 0.15) is 5.82 Å². The van der Waals surface area contributed by atoms with Crippen LogP contribution in [0.5, 0.6) is 0 Å². The number of anilines is 1. The van der Waals surface area contributed by atoms with Gasteiger partial charge in [-0.15, -0.1) is 0 Å². The fourth-order valence-corrected chi connectivity index (χ4v) is 2.06. The standard InChI is InChI=1S/C13H16FN3O2/c1-9(17-7-6-15-12(18)8-17)13(19)16-11-4-2-10(14)3-5-11/h2-5,9H,6-8H2,1H3,(H,15,18)(H,16,19)/p+1/t9-/m0/s1. The van der Waals surface area contributed by atoms with Gasteiger partial charge in [-0.05, 0) is 31.2 Å². The van der Waals surface area contributed by atoms with E-state index in [4.69, 9.17) is 0 Å². The van der Waals surface area contributed by atoms with E-state index < -0.39 is 0 Å². The van der Waals surface area contributed by atoms with Gasteiger partial charge < -0.3 is 15.5 Å². The summed E-state index contributed by atoms with van der Waals surface area (Å²) in [5, 5.41) is 5.45. The van der Waals surface area contributed by atoms with Crippen molar-refractivity contribution in [2.75, 3.05) is 25.0 Å².